The van der Waals surface area contributed by atoms with Crippen LogP contribution in [0.4, 0.5) is 0 Å². The van der Waals surface area contributed by atoms with E-state index in [0.29, 0.717) is 0 Å². The number of hydrogen-bond donors (Lipinski definition) is 0. The Morgan fingerprint density at radius 2 is 0.962 bits per heavy atom. The van der Waals surface area contributed by atoms with Crippen LogP contribution in [0.2, 0.25) is 0 Å². The van der Waals surface area contributed by atoms with E-state index in [2.05, 4.69) is 205 Å². The van der Waals surface area contributed by atoms with Gasteiger partial charge in [-0.2, -0.15) is 0 Å². The van der Waals surface area contributed by atoms with E-state index < -0.39 is 13.3 Å². The standard InChI is InChI=1S/C50H33N2P/c1-4-15-35(16-5-1)49-51-46-25-14-24-44-48(46)52(49)47-26-13-12-23-43(47)50(44)42-22-11-10-21-40(42)41-32-29-36(33-45(41)50)34-27-30-39(31-28-34)53(37-17-6-2-7-18-37)38-19-8-3-9-20-38/h1-33H. The molecule has 0 amide bonds. The van der Waals surface area contributed by atoms with Gasteiger partial charge in [0.15, 0.2) is 0 Å². The summed E-state index contributed by atoms with van der Waals surface area (Å²) in [5.74, 6) is 0.974. The molecular formula is C50H33N2P. The molecule has 0 fully saturated rings. The smallest absolute Gasteiger partial charge is 0.145 e. The molecule has 0 saturated heterocycles. The van der Waals surface area contributed by atoms with Gasteiger partial charge in [-0.15, -0.1) is 0 Å². The summed E-state index contributed by atoms with van der Waals surface area (Å²) in [6, 6.07) is 73.7. The van der Waals surface area contributed by atoms with Crippen molar-refractivity contribution in [2.75, 3.05) is 0 Å². The maximum atomic E-state index is 5.32. The van der Waals surface area contributed by atoms with Gasteiger partial charge in [0.1, 0.15) is 5.82 Å². The van der Waals surface area contributed by atoms with Gasteiger partial charge in [0.25, 0.3) is 0 Å². The Bertz CT molecular complexity index is 2780. The van der Waals surface area contributed by atoms with Gasteiger partial charge in [0.2, 0.25) is 0 Å². The molecule has 248 valence electrons. The van der Waals surface area contributed by atoms with Crippen molar-refractivity contribution in [3.63, 3.8) is 0 Å². The van der Waals surface area contributed by atoms with Gasteiger partial charge in [-0.05, 0) is 86.5 Å². The van der Waals surface area contributed by atoms with Crippen LogP contribution >= 0.6 is 7.92 Å². The molecule has 1 aromatic heterocycles. The van der Waals surface area contributed by atoms with E-state index in [1.165, 1.54) is 71.6 Å². The van der Waals surface area contributed by atoms with Crippen molar-refractivity contribution in [3.8, 4) is 39.3 Å². The van der Waals surface area contributed by atoms with E-state index in [0.717, 1.165) is 16.9 Å². The lowest BCUT2D eigenvalue weighted by Crippen LogP contribution is -2.33. The van der Waals surface area contributed by atoms with Crippen LogP contribution in [0.1, 0.15) is 22.3 Å². The summed E-state index contributed by atoms with van der Waals surface area (Å²) < 4.78 is 2.40. The Morgan fingerprint density at radius 3 is 1.70 bits per heavy atom. The van der Waals surface area contributed by atoms with Crippen molar-refractivity contribution in [1.82, 2.24) is 9.55 Å². The van der Waals surface area contributed by atoms with Crippen LogP contribution in [0, 0.1) is 0 Å². The van der Waals surface area contributed by atoms with Gasteiger partial charge in [-0.25, -0.2) is 4.98 Å². The Morgan fingerprint density at radius 1 is 0.396 bits per heavy atom. The van der Waals surface area contributed by atoms with Crippen LogP contribution in [-0.4, -0.2) is 9.55 Å². The Kier molecular flexibility index (Phi) is 6.78. The average molecular weight is 693 g/mol. The molecular weight excluding hydrogens is 660 g/mol. The van der Waals surface area contributed by atoms with Crippen LogP contribution < -0.4 is 15.9 Å². The quantitative estimate of drug-likeness (QED) is 0.164. The molecule has 8 aromatic carbocycles. The van der Waals surface area contributed by atoms with E-state index in [1.807, 2.05) is 0 Å². The van der Waals surface area contributed by atoms with E-state index >= 15 is 0 Å². The first-order chi connectivity index (χ1) is 26.3. The highest BCUT2D eigenvalue weighted by atomic mass is 31.1. The first-order valence-corrected chi connectivity index (χ1v) is 19.6. The maximum Gasteiger partial charge on any atom is 0.145 e. The highest BCUT2D eigenvalue weighted by Crippen LogP contribution is 2.61. The number of nitrogens with zero attached hydrogens (tertiary/aromatic N) is 2. The van der Waals surface area contributed by atoms with Gasteiger partial charge in [-0.1, -0.05) is 182 Å². The highest BCUT2D eigenvalue weighted by molar-refractivity contribution is 7.79. The van der Waals surface area contributed by atoms with E-state index in [4.69, 9.17) is 4.98 Å². The summed E-state index contributed by atoms with van der Waals surface area (Å²) in [5.41, 5.74) is 14.2. The fourth-order valence-corrected chi connectivity index (χ4v) is 11.3. The van der Waals surface area contributed by atoms with Crippen LogP contribution in [-0.2, 0) is 5.41 Å². The molecule has 53 heavy (non-hydrogen) atoms. The van der Waals surface area contributed by atoms with Crippen LogP contribution in [0.25, 0.3) is 50.4 Å². The van der Waals surface area contributed by atoms with Gasteiger partial charge >= 0.3 is 0 Å². The van der Waals surface area contributed by atoms with E-state index in [-0.39, 0.29) is 0 Å². The summed E-state index contributed by atoms with van der Waals surface area (Å²) in [6.45, 7) is 0. The number of imidazole rings is 1. The lowest BCUT2D eigenvalue weighted by atomic mass is 9.65. The number of aromatic nitrogens is 2. The lowest BCUT2D eigenvalue weighted by molar-refractivity contribution is 0.746. The molecule has 1 unspecified atom stereocenters. The second kappa shape index (κ2) is 11.9. The summed E-state index contributed by atoms with van der Waals surface area (Å²) >= 11 is 0. The minimum absolute atomic E-state index is 0.503. The molecule has 0 saturated carbocycles. The van der Waals surface area contributed by atoms with Gasteiger partial charge in [0.05, 0.1) is 22.1 Å². The SMILES string of the molecule is c1ccc(-c2nc3cccc4c3n2-c2ccccc2C42c3ccccc3-c3ccc(-c4ccc(P(c5ccccc5)c5ccccc5)cc4)cc32)cc1. The average Bonchev–Trinajstić information content (AvgIpc) is 3.77. The third kappa shape index (κ3) is 4.40. The first kappa shape index (κ1) is 30.3. The van der Waals surface area contributed by atoms with Gasteiger partial charge < -0.3 is 0 Å². The molecule has 11 rings (SSSR count). The van der Waals surface area contributed by atoms with Crippen molar-refractivity contribution >= 4 is 34.9 Å². The molecule has 0 N–H and O–H groups in total. The van der Waals surface area contributed by atoms with Crippen molar-refractivity contribution < 1.29 is 0 Å². The molecule has 2 aliphatic rings. The van der Waals surface area contributed by atoms with E-state index in [9.17, 15) is 0 Å². The molecule has 0 radical (unpaired) electrons. The summed E-state index contributed by atoms with van der Waals surface area (Å²) in [7, 11) is -0.674. The molecule has 2 nitrogen and oxygen atoms in total. The maximum absolute atomic E-state index is 5.32. The third-order valence-electron chi connectivity index (χ3n) is 11.2. The Labute approximate surface area is 310 Å². The summed E-state index contributed by atoms with van der Waals surface area (Å²) in [4.78, 5) is 5.32. The largest absolute Gasteiger partial charge is 0.292 e. The third-order valence-corrected chi connectivity index (χ3v) is 13.6. The number of benzene rings is 8. The molecule has 1 aliphatic heterocycles. The second-order valence-electron chi connectivity index (χ2n) is 13.9. The number of para-hydroxylation sites is 2. The van der Waals surface area contributed by atoms with Gasteiger partial charge in [0, 0.05) is 5.56 Å². The summed E-state index contributed by atoms with van der Waals surface area (Å²) in [5, 5.41) is 4.07. The van der Waals surface area contributed by atoms with Crippen LogP contribution in [0.5, 0.6) is 0 Å². The summed E-state index contributed by atoms with van der Waals surface area (Å²) in [6.07, 6.45) is 0. The zero-order valence-corrected chi connectivity index (χ0v) is 29.8. The molecule has 0 bridgehead atoms. The normalized spacial score (nSPS) is 15.0. The lowest BCUT2D eigenvalue weighted by Gasteiger charge is -2.39. The van der Waals surface area contributed by atoms with Crippen LogP contribution in [0.15, 0.2) is 200 Å². The van der Waals surface area contributed by atoms with Crippen molar-refractivity contribution in [1.29, 1.82) is 0 Å². The van der Waals surface area contributed by atoms with Crippen LogP contribution in [0.3, 0.4) is 0 Å². The van der Waals surface area contributed by atoms with Crippen molar-refractivity contribution in [2.45, 2.75) is 5.41 Å². The number of rotatable bonds is 5. The Balaban J connectivity index is 1.12. The topological polar surface area (TPSA) is 17.8 Å². The molecule has 1 atom stereocenters. The molecule has 3 heteroatoms. The minimum atomic E-state index is -0.674. The monoisotopic (exact) mass is 692 g/mol. The molecule has 9 aromatic rings. The first-order valence-electron chi connectivity index (χ1n) is 18.2. The zero-order chi connectivity index (χ0) is 34.9. The molecule has 2 heterocycles. The zero-order valence-electron chi connectivity index (χ0n) is 28.9. The van der Waals surface area contributed by atoms with Crippen molar-refractivity contribution in [3.05, 3.63) is 222 Å². The second-order valence-corrected chi connectivity index (χ2v) is 16.2. The minimum Gasteiger partial charge on any atom is -0.292 e. The van der Waals surface area contributed by atoms with Gasteiger partial charge in [-0.3, -0.25) is 4.57 Å². The molecule has 1 aliphatic carbocycles. The van der Waals surface area contributed by atoms with Crippen molar-refractivity contribution in [2.24, 2.45) is 0 Å². The fourth-order valence-electron chi connectivity index (χ4n) is 9.02. The fraction of sp³-hybridized carbons (Fsp3) is 0.0200. The predicted octanol–water partition coefficient (Wildman–Crippen LogP) is 10.8. The van der Waals surface area contributed by atoms with E-state index in [1.54, 1.807) is 0 Å². The highest BCUT2D eigenvalue weighted by Gasteiger charge is 2.51. The predicted molar refractivity (Wildman–Crippen MR) is 222 cm³/mol. The number of hydrogen-bond acceptors (Lipinski definition) is 1. The molecule has 1 spiro atoms. The Hall–Kier alpha value is -6.34. The number of fused-ring (bicyclic) bond motifs is 9.